The summed E-state index contributed by atoms with van der Waals surface area (Å²) in [7, 11) is 0. The largest absolute Gasteiger partial charge is 0.454 e. The molecule has 2 unspecified atom stereocenters. The van der Waals surface area contributed by atoms with Gasteiger partial charge in [-0.05, 0) is 65.8 Å². The fraction of sp³-hybridized carbons (Fsp3) is 0.0678. The third-order valence-corrected chi connectivity index (χ3v) is 13.8. The summed E-state index contributed by atoms with van der Waals surface area (Å²) < 4.78 is 12.3. The molecule has 1 spiro atoms. The number of aliphatic imine (C=N–C) groups is 1. The van der Waals surface area contributed by atoms with Gasteiger partial charge in [0, 0.05) is 43.9 Å². The average Bonchev–Trinajstić information content (AvgIpc) is 3.89. The number of amidine groups is 1. The summed E-state index contributed by atoms with van der Waals surface area (Å²) >= 11 is 0. The van der Waals surface area contributed by atoms with E-state index in [9.17, 15) is 0 Å². The molecule has 3 aliphatic rings. The molecule has 304 valence electrons. The second kappa shape index (κ2) is 14.2. The van der Waals surface area contributed by atoms with Gasteiger partial charge in [-0.2, -0.15) is 0 Å². The van der Waals surface area contributed by atoms with Crippen LogP contribution in [-0.4, -0.2) is 15.0 Å². The van der Waals surface area contributed by atoms with E-state index < -0.39 is 5.41 Å². The smallest absolute Gasteiger partial charge is 0.156 e. The Morgan fingerprint density at radius 3 is 2.00 bits per heavy atom. The van der Waals surface area contributed by atoms with Gasteiger partial charge in [0.15, 0.2) is 5.75 Å². The summed E-state index contributed by atoms with van der Waals surface area (Å²) in [5.41, 5.74) is 20.7. The molecule has 10 aromatic rings. The molecule has 5 nitrogen and oxygen atoms in total. The first-order valence-electron chi connectivity index (χ1n) is 22.2. The van der Waals surface area contributed by atoms with E-state index in [4.69, 9.17) is 15.5 Å². The van der Waals surface area contributed by atoms with Crippen molar-refractivity contribution < 1.29 is 4.74 Å². The number of aromatic nitrogens is 2. The summed E-state index contributed by atoms with van der Waals surface area (Å²) in [5, 5.41) is 4.88. The van der Waals surface area contributed by atoms with Crippen molar-refractivity contribution in [2.24, 2.45) is 16.6 Å². The van der Waals surface area contributed by atoms with Crippen molar-refractivity contribution in [2.45, 2.75) is 18.3 Å². The summed E-state index contributed by atoms with van der Waals surface area (Å²) in [6, 6.07) is 67.3. The lowest BCUT2D eigenvalue weighted by Crippen LogP contribution is -2.37. The highest BCUT2D eigenvalue weighted by molar-refractivity contribution is 6.15. The Hall–Kier alpha value is -8.15. The summed E-state index contributed by atoms with van der Waals surface area (Å²) in [6.45, 7) is 0. The molecule has 2 aliphatic heterocycles. The fourth-order valence-electron chi connectivity index (χ4n) is 11.1. The Morgan fingerprint density at radius 1 is 0.578 bits per heavy atom. The molecular formula is C59H42N4O. The topological polar surface area (TPSA) is 57.5 Å². The molecular weight excluding hydrogens is 781 g/mol. The predicted molar refractivity (Wildman–Crippen MR) is 263 cm³/mol. The molecule has 13 rings (SSSR count). The lowest BCUT2D eigenvalue weighted by molar-refractivity contribution is 0.438. The first kappa shape index (κ1) is 36.5. The van der Waals surface area contributed by atoms with Crippen molar-refractivity contribution in [1.82, 2.24) is 9.13 Å². The number of benzene rings is 8. The zero-order chi connectivity index (χ0) is 42.4. The minimum Gasteiger partial charge on any atom is -0.454 e. The number of hydrogen-bond donors (Lipinski definition) is 1. The third-order valence-electron chi connectivity index (χ3n) is 13.8. The van der Waals surface area contributed by atoms with Crippen molar-refractivity contribution in [3.63, 3.8) is 0 Å². The number of nitrogens with zero attached hydrogens (tertiary/aromatic N) is 3. The van der Waals surface area contributed by atoms with Crippen LogP contribution in [0.3, 0.4) is 0 Å². The van der Waals surface area contributed by atoms with Gasteiger partial charge < -0.3 is 19.6 Å². The number of rotatable bonds is 6. The average molecular weight is 823 g/mol. The van der Waals surface area contributed by atoms with Crippen LogP contribution < -0.4 is 10.5 Å². The van der Waals surface area contributed by atoms with Crippen LogP contribution in [0.5, 0.6) is 11.5 Å². The molecule has 2 N–H and O–H groups in total. The van der Waals surface area contributed by atoms with Crippen LogP contribution in [-0.2, 0) is 5.41 Å². The van der Waals surface area contributed by atoms with E-state index in [0.29, 0.717) is 5.84 Å². The maximum Gasteiger partial charge on any atom is 0.156 e. The van der Waals surface area contributed by atoms with Gasteiger partial charge in [-0.3, -0.25) is 0 Å². The Morgan fingerprint density at radius 2 is 1.20 bits per heavy atom. The number of allylic oxidation sites excluding steroid dienone is 5. The van der Waals surface area contributed by atoms with Crippen molar-refractivity contribution in [2.75, 3.05) is 0 Å². The van der Waals surface area contributed by atoms with Crippen LogP contribution in [0.4, 0.5) is 0 Å². The quantitative estimate of drug-likeness (QED) is 0.134. The number of para-hydroxylation sites is 5. The highest BCUT2D eigenvalue weighted by Gasteiger charge is 2.51. The first-order valence-corrected chi connectivity index (χ1v) is 22.2. The van der Waals surface area contributed by atoms with Gasteiger partial charge in [0.05, 0.1) is 38.9 Å². The Labute approximate surface area is 371 Å². The number of nitrogens with two attached hydrogens (primary N) is 1. The van der Waals surface area contributed by atoms with E-state index in [0.717, 1.165) is 63.3 Å². The van der Waals surface area contributed by atoms with E-state index in [1.807, 2.05) is 36.4 Å². The standard InChI is InChI=1S/C59H42N4O/c60-58(40-20-5-2-6-21-40)61-50(39-18-3-1-4-19-39)36-33-38-17-15-22-41(37-38)62-51-29-11-7-24-43(51)45-34-35-49-57(56(45)62)64-54-32-14-10-27-47(54)59(49)46-26-9-13-31-53(46)63-52-30-12-8-23-42(52)44-25-16-28-48(59)55(44)63/h1-32,34-36,38H,33,37H2,(H2,60,61)/b50-36-. The molecule has 0 amide bonds. The van der Waals surface area contributed by atoms with Gasteiger partial charge in [0.1, 0.15) is 11.6 Å². The van der Waals surface area contributed by atoms with Gasteiger partial charge in [-0.1, -0.05) is 182 Å². The molecule has 2 aromatic heterocycles. The molecule has 0 fully saturated rings. The third kappa shape index (κ3) is 5.21. The number of ether oxygens (including phenoxy) is 1. The van der Waals surface area contributed by atoms with Gasteiger partial charge in [-0.15, -0.1) is 0 Å². The summed E-state index contributed by atoms with van der Waals surface area (Å²) in [5.74, 6) is 2.50. The Kier molecular flexibility index (Phi) is 8.10. The van der Waals surface area contributed by atoms with Crippen molar-refractivity contribution in [3.8, 4) is 17.2 Å². The maximum atomic E-state index is 7.36. The zero-order valence-electron chi connectivity index (χ0n) is 35.0. The second-order valence-electron chi connectivity index (χ2n) is 17.2. The highest BCUT2D eigenvalue weighted by atomic mass is 16.5. The highest BCUT2D eigenvalue weighted by Crippen LogP contribution is 2.62. The van der Waals surface area contributed by atoms with Crippen molar-refractivity contribution in [1.29, 1.82) is 0 Å². The lowest BCUT2D eigenvalue weighted by Gasteiger charge is -2.45. The Balaban J connectivity index is 1.01. The number of fused-ring (bicyclic) bond motifs is 15. The second-order valence-corrected chi connectivity index (χ2v) is 17.2. The van der Waals surface area contributed by atoms with Gasteiger partial charge in [-0.25, -0.2) is 4.99 Å². The van der Waals surface area contributed by atoms with E-state index in [-0.39, 0.29) is 5.92 Å². The monoisotopic (exact) mass is 822 g/mol. The minimum atomic E-state index is -0.662. The Bertz CT molecular complexity index is 3660. The first-order chi connectivity index (χ1) is 31.7. The molecule has 8 aromatic carbocycles. The molecule has 0 radical (unpaired) electrons. The molecule has 64 heavy (non-hydrogen) atoms. The van der Waals surface area contributed by atoms with E-state index in [2.05, 4.69) is 185 Å². The van der Waals surface area contributed by atoms with Gasteiger partial charge in [0.25, 0.3) is 0 Å². The van der Waals surface area contributed by atoms with E-state index in [1.165, 1.54) is 55.1 Å². The lowest BCUT2D eigenvalue weighted by atomic mass is 9.61. The molecule has 5 heteroatoms. The van der Waals surface area contributed by atoms with Crippen molar-refractivity contribution in [3.05, 3.63) is 246 Å². The molecule has 0 bridgehead atoms. The zero-order valence-corrected chi connectivity index (χ0v) is 35.0. The molecule has 1 aliphatic carbocycles. The van der Waals surface area contributed by atoms with Crippen LogP contribution in [0, 0.1) is 5.92 Å². The van der Waals surface area contributed by atoms with Crippen LogP contribution in [0.25, 0.3) is 60.7 Å². The van der Waals surface area contributed by atoms with Crippen LogP contribution in [0.15, 0.2) is 217 Å². The number of hydrogen-bond acceptors (Lipinski definition) is 2. The molecule has 0 saturated carbocycles. The minimum absolute atomic E-state index is 0.223. The van der Waals surface area contributed by atoms with Crippen LogP contribution in [0.1, 0.15) is 46.2 Å². The summed E-state index contributed by atoms with van der Waals surface area (Å²) in [4.78, 5) is 5.01. The maximum absolute atomic E-state index is 7.36. The molecule has 2 atom stereocenters. The van der Waals surface area contributed by atoms with Crippen LogP contribution in [0.2, 0.25) is 0 Å². The molecule has 0 saturated heterocycles. The predicted octanol–water partition coefficient (Wildman–Crippen LogP) is 13.9. The SMILES string of the molecule is NC(=N/C(=C\CC1C=CC=C(n2c3ccccc3c3ccc4c(c32)Oc2ccccc2C42c3ccccc3-n3c4ccccc4c4cccc2c43)C1)c1ccccc1)c1ccccc1. The van der Waals surface area contributed by atoms with E-state index >= 15 is 0 Å². The van der Waals surface area contributed by atoms with Crippen LogP contribution >= 0.6 is 0 Å². The van der Waals surface area contributed by atoms with Crippen molar-refractivity contribution >= 4 is 60.8 Å². The normalized spacial score (nSPS) is 17.7. The molecule has 4 heterocycles. The van der Waals surface area contributed by atoms with Gasteiger partial charge >= 0.3 is 0 Å². The van der Waals surface area contributed by atoms with E-state index in [1.54, 1.807) is 0 Å². The summed E-state index contributed by atoms with van der Waals surface area (Å²) in [6.07, 6.45) is 10.7. The fourth-order valence-corrected chi connectivity index (χ4v) is 11.1. The van der Waals surface area contributed by atoms with Gasteiger partial charge in [0.2, 0.25) is 0 Å².